The van der Waals surface area contributed by atoms with E-state index in [1.807, 2.05) is 7.05 Å². The number of H-pyrrole nitrogens is 1. The Morgan fingerprint density at radius 3 is 2.96 bits per heavy atom. The first kappa shape index (κ1) is 20.5. The summed E-state index contributed by atoms with van der Waals surface area (Å²) in [6.45, 7) is 6.40. The van der Waals surface area contributed by atoms with Gasteiger partial charge in [-0.15, -0.1) is 24.0 Å². The van der Waals surface area contributed by atoms with Crippen LogP contribution in [0.25, 0.3) is 10.9 Å². The zero-order valence-electron chi connectivity index (χ0n) is 16.4. The van der Waals surface area contributed by atoms with Crippen molar-refractivity contribution < 1.29 is 4.74 Å². The van der Waals surface area contributed by atoms with Crippen LogP contribution in [0.3, 0.4) is 0 Å². The predicted molar refractivity (Wildman–Crippen MR) is 122 cm³/mol. The molecule has 4 rings (SSSR count). The second kappa shape index (κ2) is 8.39. The van der Waals surface area contributed by atoms with Crippen LogP contribution in [0.15, 0.2) is 35.5 Å². The number of guanidine groups is 1. The number of aliphatic imine (C=N–C) groups is 1. The minimum atomic E-state index is 0. The third kappa shape index (κ3) is 3.83. The summed E-state index contributed by atoms with van der Waals surface area (Å²) in [5, 5.41) is 8.46. The fraction of sp³-hybridized carbons (Fsp3) is 0.571. The lowest BCUT2D eigenvalue weighted by molar-refractivity contribution is -0.106. The summed E-state index contributed by atoms with van der Waals surface area (Å²) in [4.78, 5) is 7.77. The number of hydrogen-bond acceptors (Lipinski definition) is 2. The van der Waals surface area contributed by atoms with Crippen molar-refractivity contribution in [2.75, 3.05) is 20.2 Å². The van der Waals surface area contributed by atoms with E-state index in [1.54, 1.807) is 0 Å². The summed E-state index contributed by atoms with van der Waals surface area (Å²) >= 11 is 0. The predicted octanol–water partition coefficient (Wildman–Crippen LogP) is 3.70. The van der Waals surface area contributed by atoms with E-state index >= 15 is 0 Å². The number of nitrogens with one attached hydrogen (secondary N) is 3. The highest BCUT2D eigenvalue weighted by molar-refractivity contribution is 14.0. The lowest BCUT2D eigenvalue weighted by Gasteiger charge is -2.54. The van der Waals surface area contributed by atoms with Gasteiger partial charge in [-0.1, -0.05) is 32.0 Å². The number of rotatable bonds is 5. The molecule has 3 N–H and O–H groups in total. The minimum absolute atomic E-state index is 0. The number of aromatic nitrogens is 1. The first-order valence-electron chi connectivity index (χ1n) is 9.75. The number of nitrogens with zero attached hydrogens (tertiary/aromatic N) is 1. The largest absolute Gasteiger partial charge is 0.377 e. The normalized spacial score (nSPS) is 26.2. The Morgan fingerprint density at radius 2 is 2.15 bits per heavy atom. The Kier molecular flexibility index (Phi) is 6.35. The summed E-state index contributed by atoms with van der Waals surface area (Å²) in [5.41, 5.74) is 2.77. The van der Waals surface area contributed by atoms with Crippen LogP contribution < -0.4 is 10.6 Å². The highest BCUT2D eigenvalue weighted by Crippen LogP contribution is 2.52. The second-order valence-corrected chi connectivity index (χ2v) is 8.15. The van der Waals surface area contributed by atoms with Crippen LogP contribution in [-0.2, 0) is 11.2 Å². The molecule has 148 valence electrons. The van der Waals surface area contributed by atoms with Gasteiger partial charge in [0, 0.05) is 54.7 Å². The van der Waals surface area contributed by atoms with Gasteiger partial charge in [-0.2, -0.15) is 0 Å². The Labute approximate surface area is 178 Å². The number of aromatic amines is 1. The van der Waals surface area contributed by atoms with Crippen molar-refractivity contribution in [3.8, 4) is 0 Å². The first-order chi connectivity index (χ1) is 12.6. The van der Waals surface area contributed by atoms with E-state index in [4.69, 9.17) is 4.74 Å². The van der Waals surface area contributed by atoms with Crippen LogP contribution in [0.1, 0.15) is 32.3 Å². The standard InChI is InChI=1S/C21H30N4O.HI/c1-21(2)18(16-10-12-26-19(16)21)25-20(22-3)23-11-6-7-14-13-24-17-9-5-4-8-15(14)17;/h4-5,8-9,13,16,18-19,24H,6-7,10-12H2,1-3H3,(H2,22,23,25);1H. The van der Waals surface area contributed by atoms with Crippen LogP contribution >= 0.6 is 24.0 Å². The van der Waals surface area contributed by atoms with E-state index in [9.17, 15) is 0 Å². The fourth-order valence-corrected chi connectivity index (χ4v) is 4.78. The number of halogens is 1. The van der Waals surface area contributed by atoms with Crippen molar-refractivity contribution in [1.29, 1.82) is 0 Å². The number of para-hydroxylation sites is 1. The van der Waals surface area contributed by atoms with Gasteiger partial charge in [0.1, 0.15) is 0 Å². The van der Waals surface area contributed by atoms with Gasteiger partial charge in [0.2, 0.25) is 0 Å². The van der Waals surface area contributed by atoms with Crippen molar-refractivity contribution in [2.45, 2.75) is 45.3 Å². The van der Waals surface area contributed by atoms with E-state index in [2.05, 4.69) is 64.9 Å². The van der Waals surface area contributed by atoms with Gasteiger partial charge in [0.15, 0.2) is 5.96 Å². The number of ether oxygens (including phenoxy) is 1. The van der Waals surface area contributed by atoms with Gasteiger partial charge in [-0.05, 0) is 30.9 Å². The topological polar surface area (TPSA) is 61.4 Å². The molecule has 1 saturated heterocycles. The Hall–Kier alpha value is -1.28. The number of aryl methyl sites for hydroxylation is 1. The van der Waals surface area contributed by atoms with Crippen LogP contribution in [0.2, 0.25) is 0 Å². The van der Waals surface area contributed by atoms with Crippen LogP contribution in [-0.4, -0.2) is 43.3 Å². The SMILES string of the molecule is CN=C(NCCCc1c[nH]c2ccccc12)NC1C2CCOC2C1(C)C.I. The van der Waals surface area contributed by atoms with E-state index in [0.717, 1.165) is 38.4 Å². The molecule has 1 aromatic heterocycles. The number of fused-ring (bicyclic) bond motifs is 2. The summed E-state index contributed by atoms with van der Waals surface area (Å²) in [7, 11) is 1.85. The Bertz CT molecular complexity index is 800. The summed E-state index contributed by atoms with van der Waals surface area (Å²) in [6.07, 6.45) is 5.82. The summed E-state index contributed by atoms with van der Waals surface area (Å²) in [5.74, 6) is 1.53. The molecule has 2 aliphatic rings. The molecule has 27 heavy (non-hydrogen) atoms. The third-order valence-electron chi connectivity index (χ3n) is 6.21. The molecule has 2 heterocycles. The summed E-state index contributed by atoms with van der Waals surface area (Å²) in [6, 6.07) is 8.93. The second-order valence-electron chi connectivity index (χ2n) is 8.15. The molecule has 3 unspecified atom stereocenters. The van der Waals surface area contributed by atoms with Crippen molar-refractivity contribution in [3.05, 3.63) is 36.0 Å². The highest BCUT2D eigenvalue weighted by atomic mass is 127. The zero-order chi connectivity index (χ0) is 18.1. The van der Waals surface area contributed by atoms with Gasteiger partial charge < -0.3 is 20.4 Å². The van der Waals surface area contributed by atoms with Gasteiger partial charge in [0.25, 0.3) is 0 Å². The smallest absolute Gasteiger partial charge is 0.191 e. The fourth-order valence-electron chi connectivity index (χ4n) is 4.78. The molecule has 3 atom stereocenters. The average Bonchev–Trinajstić information content (AvgIpc) is 3.27. The van der Waals surface area contributed by atoms with Gasteiger partial charge in [-0.3, -0.25) is 4.99 Å². The monoisotopic (exact) mass is 482 g/mol. The average molecular weight is 482 g/mol. The Morgan fingerprint density at radius 1 is 1.33 bits per heavy atom. The minimum Gasteiger partial charge on any atom is -0.377 e. The maximum atomic E-state index is 5.88. The molecule has 1 aliphatic heterocycles. The van der Waals surface area contributed by atoms with Gasteiger partial charge in [0.05, 0.1) is 6.10 Å². The van der Waals surface area contributed by atoms with Crippen LogP contribution in [0.5, 0.6) is 0 Å². The van der Waals surface area contributed by atoms with E-state index in [1.165, 1.54) is 16.5 Å². The van der Waals surface area contributed by atoms with E-state index in [-0.39, 0.29) is 29.4 Å². The maximum absolute atomic E-state index is 5.88. The molecule has 0 bridgehead atoms. The van der Waals surface area contributed by atoms with Crippen molar-refractivity contribution in [1.82, 2.24) is 15.6 Å². The number of benzene rings is 1. The highest BCUT2D eigenvalue weighted by Gasteiger charge is 2.59. The lowest BCUT2D eigenvalue weighted by Crippen LogP contribution is -2.67. The lowest BCUT2D eigenvalue weighted by atomic mass is 9.57. The molecule has 2 aromatic rings. The Balaban J connectivity index is 0.00000210. The maximum Gasteiger partial charge on any atom is 0.191 e. The quantitative estimate of drug-likeness (QED) is 0.264. The molecular weight excluding hydrogens is 451 g/mol. The summed E-state index contributed by atoms with van der Waals surface area (Å²) < 4.78 is 5.88. The van der Waals surface area contributed by atoms with Gasteiger partial charge in [-0.25, -0.2) is 0 Å². The molecule has 0 radical (unpaired) electrons. The molecule has 1 aromatic carbocycles. The molecule has 1 aliphatic carbocycles. The first-order valence-corrected chi connectivity index (χ1v) is 9.75. The van der Waals surface area contributed by atoms with Gasteiger partial charge >= 0.3 is 0 Å². The molecule has 0 amide bonds. The van der Waals surface area contributed by atoms with Crippen molar-refractivity contribution >= 4 is 40.8 Å². The molecule has 0 spiro atoms. The third-order valence-corrected chi connectivity index (χ3v) is 6.21. The van der Waals surface area contributed by atoms with Crippen molar-refractivity contribution in [3.63, 3.8) is 0 Å². The number of hydrogen-bond donors (Lipinski definition) is 3. The molecule has 6 heteroatoms. The van der Waals surface area contributed by atoms with Crippen molar-refractivity contribution in [2.24, 2.45) is 16.3 Å². The molecular formula is C21H31IN4O. The zero-order valence-corrected chi connectivity index (χ0v) is 18.7. The van der Waals surface area contributed by atoms with Crippen LogP contribution in [0.4, 0.5) is 0 Å². The van der Waals surface area contributed by atoms with Crippen LogP contribution in [0, 0.1) is 11.3 Å². The molecule has 1 saturated carbocycles. The van der Waals surface area contributed by atoms with E-state index < -0.39 is 0 Å². The molecule has 5 nitrogen and oxygen atoms in total. The molecule has 2 fully saturated rings. The van der Waals surface area contributed by atoms with E-state index in [0.29, 0.717) is 18.1 Å².